The van der Waals surface area contributed by atoms with Crippen LogP contribution in [0.5, 0.6) is 0 Å². The van der Waals surface area contributed by atoms with E-state index in [0.717, 1.165) is 29.5 Å². The third kappa shape index (κ3) is 3.63. The zero-order valence-corrected chi connectivity index (χ0v) is 17.1. The van der Waals surface area contributed by atoms with E-state index in [-0.39, 0.29) is 29.8 Å². The average Bonchev–Trinajstić information content (AvgIpc) is 3.48. The van der Waals surface area contributed by atoms with Gasteiger partial charge in [0.25, 0.3) is 5.91 Å². The molecule has 3 aromatic rings. The molecule has 0 unspecified atom stereocenters. The first-order valence-electron chi connectivity index (χ1n) is 10.6. The summed E-state index contributed by atoms with van der Waals surface area (Å²) in [7, 11) is 0. The minimum atomic E-state index is -4.52. The summed E-state index contributed by atoms with van der Waals surface area (Å²) in [4.78, 5) is 19.5. The maximum atomic E-state index is 13.9. The molecule has 2 aliphatic rings. The number of anilines is 1. The second kappa shape index (κ2) is 7.99. The Bertz CT molecular complexity index is 1080. The quantitative estimate of drug-likeness (QED) is 0.621. The molecule has 0 saturated carbocycles. The number of furan rings is 1. The van der Waals surface area contributed by atoms with Gasteiger partial charge in [-0.3, -0.25) is 9.78 Å². The molecule has 1 saturated heterocycles. The smallest absolute Gasteiger partial charge is 0.410 e. The number of aromatic nitrogens is 3. The molecule has 10 heteroatoms. The number of fused-ring (bicyclic) bond motifs is 1. The molecular weight excluding hydrogens is 423 g/mol. The van der Waals surface area contributed by atoms with Crippen LogP contribution < -0.4 is 5.32 Å². The Morgan fingerprint density at radius 3 is 2.78 bits per heavy atom. The van der Waals surface area contributed by atoms with Crippen LogP contribution in [0.4, 0.5) is 19.0 Å². The summed E-state index contributed by atoms with van der Waals surface area (Å²) in [6.45, 7) is 0.521. The number of likely N-dealkylation sites (tertiary alicyclic amines) is 1. The molecule has 1 N–H and O–H groups in total. The molecule has 1 fully saturated rings. The summed E-state index contributed by atoms with van der Waals surface area (Å²) in [5, 5.41) is 7.05. The lowest BCUT2D eigenvalue weighted by Crippen LogP contribution is -2.40. The molecule has 0 aliphatic carbocycles. The van der Waals surface area contributed by atoms with E-state index in [1.54, 1.807) is 29.4 Å². The van der Waals surface area contributed by atoms with E-state index in [0.29, 0.717) is 12.3 Å². The molecule has 3 aromatic heterocycles. The predicted octanol–water partition coefficient (Wildman–Crippen LogP) is 4.90. The number of rotatable bonds is 3. The highest BCUT2D eigenvalue weighted by atomic mass is 19.4. The lowest BCUT2D eigenvalue weighted by molar-refractivity contribution is -0.174. The molecule has 32 heavy (non-hydrogen) atoms. The minimum absolute atomic E-state index is 0.0699. The van der Waals surface area contributed by atoms with Crippen molar-refractivity contribution < 1.29 is 22.4 Å². The fourth-order valence-electron chi connectivity index (χ4n) is 4.64. The molecule has 0 aromatic carbocycles. The number of piperidine rings is 1. The van der Waals surface area contributed by atoms with Crippen LogP contribution in [0.3, 0.4) is 0 Å². The Hall–Kier alpha value is -3.30. The number of pyridine rings is 1. The van der Waals surface area contributed by atoms with Crippen molar-refractivity contribution in [2.24, 2.45) is 0 Å². The van der Waals surface area contributed by atoms with E-state index in [9.17, 15) is 18.0 Å². The SMILES string of the molecule is O=C(c1cnn2c1N[C@H](c1ccco1)C[C@H]2C(F)(F)F)N1CCCC[C@@H]1c1cccnc1. The first-order valence-corrected chi connectivity index (χ1v) is 10.6. The first-order chi connectivity index (χ1) is 15.4. The van der Waals surface area contributed by atoms with Gasteiger partial charge in [0, 0.05) is 25.4 Å². The third-order valence-electron chi connectivity index (χ3n) is 6.19. The van der Waals surface area contributed by atoms with Gasteiger partial charge in [-0.15, -0.1) is 0 Å². The number of carbonyl (C=O) groups excluding carboxylic acids is 1. The Kier molecular flexibility index (Phi) is 5.15. The molecule has 1 amide bonds. The average molecular weight is 445 g/mol. The van der Waals surface area contributed by atoms with Gasteiger partial charge in [-0.25, -0.2) is 4.68 Å². The Morgan fingerprint density at radius 2 is 2.06 bits per heavy atom. The summed E-state index contributed by atoms with van der Waals surface area (Å²) in [5.74, 6) is 0.116. The molecule has 5 rings (SSSR count). The highest BCUT2D eigenvalue weighted by Gasteiger charge is 2.48. The van der Waals surface area contributed by atoms with Crippen LogP contribution in [0.1, 0.15) is 65.5 Å². The van der Waals surface area contributed by atoms with Crippen molar-refractivity contribution >= 4 is 11.7 Å². The number of alkyl halides is 3. The molecule has 0 radical (unpaired) electrons. The number of hydrogen-bond donors (Lipinski definition) is 1. The summed E-state index contributed by atoms with van der Waals surface area (Å²) in [6.07, 6.45) is 3.83. The number of halogens is 3. The fraction of sp³-hybridized carbons (Fsp3) is 0.409. The normalized spacial score (nSPS) is 23.5. The molecule has 0 spiro atoms. The molecule has 5 heterocycles. The Balaban J connectivity index is 1.51. The lowest BCUT2D eigenvalue weighted by Gasteiger charge is -2.37. The maximum absolute atomic E-state index is 13.9. The van der Waals surface area contributed by atoms with Crippen molar-refractivity contribution in [3.8, 4) is 0 Å². The van der Waals surface area contributed by atoms with Crippen molar-refractivity contribution in [3.05, 3.63) is 66.0 Å². The zero-order valence-electron chi connectivity index (χ0n) is 17.1. The van der Waals surface area contributed by atoms with Crippen LogP contribution in [-0.2, 0) is 0 Å². The van der Waals surface area contributed by atoms with Crippen molar-refractivity contribution in [2.75, 3.05) is 11.9 Å². The van der Waals surface area contributed by atoms with E-state index in [1.165, 1.54) is 12.5 Å². The number of nitrogens with zero attached hydrogens (tertiary/aromatic N) is 4. The van der Waals surface area contributed by atoms with Gasteiger partial charge in [0.2, 0.25) is 0 Å². The van der Waals surface area contributed by atoms with Crippen LogP contribution in [0.25, 0.3) is 0 Å². The molecular formula is C22H22F3N5O2. The summed E-state index contributed by atoms with van der Waals surface area (Å²) in [6, 6.07) is 4.24. The van der Waals surface area contributed by atoms with Gasteiger partial charge >= 0.3 is 6.18 Å². The number of nitrogens with one attached hydrogen (secondary N) is 1. The van der Waals surface area contributed by atoms with E-state index in [2.05, 4.69) is 15.4 Å². The molecule has 3 atom stereocenters. The molecule has 168 valence electrons. The Morgan fingerprint density at radius 1 is 1.19 bits per heavy atom. The van der Waals surface area contributed by atoms with Crippen molar-refractivity contribution in [3.63, 3.8) is 0 Å². The maximum Gasteiger partial charge on any atom is 0.410 e. The number of carbonyl (C=O) groups is 1. The lowest BCUT2D eigenvalue weighted by atomic mass is 9.95. The van der Waals surface area contributed by atoms with Gasteiger partial charge in [-0.2, -0.15) is 18.3 Å². The monoisotopic (exact) mass is 445 g/mol. The first kappa shape index (κ1) is 20.6. The molecule has 0 bridgehead atoms. The van der Waals surface area contributed by atoms with Gasteiger partial charge in [0.1, 0.15) is 17.1 Å². The van der Waals surface area contributed by atoms with Gasteiger partial charge in [0.05, 0.1) is 24.5 Å². The topological polar surface area (TPSA) is 76.2 Å². The second-order valence-electron chi connectivity index (χ2n) is 8.15. The fourth-order valence-corrected chi connectivity index (χ4v) is 4.64. The van der Waals surface area contributed by atoms with Crippen LogP contribution >= 0.6 is 0 Å². The minimum Gasteiger partial charge on any atom is -0.467 e. The Labute approximate surface area is 182 Å². The van der Waals surface area contributed by atoms with Crippen LogP contribution in [0, 0.1) is 0 Å². The standard InChI is InChI=1S/C22H22F3N5O2/c23-22(24,25)19-11-16(18-7-4-10-32-18)28-20-15(13-27-30(19)20)21(31)29-9-2-1-6-17(29)14-5-3-8-26-12-14/h3-5,7-8,10,12-13,16-17,19,28H,1-2,6,9,11H2/t16-,17+,19-/m0/s1. The highest BCUT2D eigenvalue weighted by Crippen LogP contribution is 2.45. The van der Waals surface area contributed by atoms with Crippen molar-refractivity contribution in [2.45, 2.75) is 50.0 Å². The largest absolute Gasteiger partial charge is 0.467 e. The van der Waals surface area contributed by atoms with Gasteiger partial charge < -0.3 is 14.6 Å². The van der Waals surface area contributed by atoms with Crippen LogP contribution in [-0.4, -0.2) is 38.3 Å². The third-order valence-corrected chi connectivity index (χ3v) is 6.19. The second-order valence-corrected chi connectivity index (χ2v) is 8.15. The molecule has 7 nitrogen and oxygen atoms in total. The number of amides is 1. The van der Waals surface area contributed by atoms with Gasteiger partial charge in [-0.05, 0) is 43.0 Å². The van der Waals surface area contributed by atoms with Gasteiger partial charge in [-0.1, -0.05) is 6.07 Å². The summed E-state index contributed by atoms with van der Waals surface area (Å²) < 4.78 is 47.8. The van der Waals surface area contributed by atoms with E-state index in [4.69, 9.17) is 4.42 Å². The summed E-state index contributed by atoms with van der Waals surface area (Å²) in [5.41, 5.74) is 1.04. The molecule has 2 aliphatic heterocycles. The van der Waals surface area contributed by atoms with Crippen molar-refractivity contribution in [1.82, 2.24) is 19.7 Å². The predicted molar refractivity (Wildman–Crippen MR) is 109 cm³/mol. The van der Waals surface area contributed by atoms with Gasteiger partial charge in [0.15, 0.2) is 6.04 Å². The van der Waals surface area contributed by atoms with E-state index < -0.39 is 18.3 Å². The number of hydrogen-bond acceptors (Lipinski definition) is 5. The van der Waals surface area contributed by atoms with Crippen molar-refractivity contribution in [1.29, 1.82) is 0 Å². The van der Waals surface area contributed by atoms with E-state index in [1.807, 2.05) is 12.1 Å². The van der Waals surface area contributed by atoms with Crippen LogP contribution in [0.15, 0.2) is 53.5 Å². The highest BCUT2D eigenvalue weighted by molar-refractivity contribution is 5.99. The van der Waals surface area contributed by atoms with Crippen LogP contribution in [0.2, 0.25) is 0 Å². The van der Waals surface area contributed by atoms with E-state index >= 15 is 0 Å². The summed E-state index contributed by atoms with van der Waals surface area (Å²) >= 11 is 0. The zero-order chi connectivity index (χ0) is 22.3.